The highest BCUT2D eigenvalue weighted by molar-refractivity contribution is 5.24. The van der Waals surface area contributed by atoms with Crippen LogP contribution in [0.3, 0.4) is 0 Å². The second kappa shape index (κ2) is 9.33. The molecule has 1 saturated heterocycles. The SMILES string of the molecule is C=C/C=C(\C=C)C[C@@H]([C@H]1CO1)N(Cc1ccccc1)Cc1ccccc1. The lowest BCUT2D eigenvalue weighted by Crippen LogP contribution is -2.38. The van der Waals surface area contributed by atoms with Crippen molar-refractivity contribution in [1.29, 1.82) is 0 Å². The number of rotatable bonds is 10. The van der Waals surface area contributed by atoms with Crippen LogP contribution in [0.5, 0.6) is 0 Å². The molecule has 0 saturated carbocycles. The highest BCUT2D eigenvalue weighted by atomic mass is 16.6. The second-order valence-corrected chi connectivity index (χ2v) is 6.70. The van der Waals surface area contributed by atoms with E-state index in [9.17, 15) is 0 Å². The van der Waals surface area contributed by atoms with Crippen molar-refractivity contribution in [3.8, 4) is 0 Å². The second-order valence-electron chi connectivity index (χ2n) is 6.70. The third-order valence-corrected chi connectivity index (χ3v) is 4.75. The summed E-state index contributed by atoms with van der Waals surface area (Å²) in [6, 6.07) is 21.6. The molecule has 1 aliphatic heterocycles. The van der Waals surface area contributed by atoms with Gasteiger partial charge in [-0.2, -0.15) is 0 Å². The van der Waals surface area contributed by atoms with Crippen molar-refractivity contribution < 1.29 is 4.74 Å². The van der Waals surface area contributed by atoms with Gasteiger partial charge in [-0.3, -0.25) is 4.90 Å². The normalized spacial score (nSPS) is 17.7. The molecule has 0 bridgehead atoms. The first-order chi connectivity index (χ1) is 12.8. The fraction of sp³-hybridized carbons (Fsp3) is 0.250. The smallest absolute Gasteiger partial charge is 0.0968 e. The van der Waals surface area contributed by atoms with Crippen LogP contribution in [0.4, 0.5) is 0 Å². The van der Waals surface area contributed by atoms with Gasteiger partial charge in [0, 0.05) is 19.1 Å². The molecule has 0 amide bonds. The number of ether oxygens (including phenoxy) is 1. The van der Waals surface area contributed by atoms with Crippen LogP contribution in [0.2, 0.25) is 0 Å². The van der Waals surface area contributed by atoms with Crippen LogP contribution in [0, 0.1) is 0 Å². The minimum atomic E-state index is 0.288. The van der Waals surface area contributed by atoms with Gasteiger partial charge in [0.25, 0.3) is 0 Å². The Morgan fingerprint density at radius 1 is 1.00 bits per heavy atom. The molecule has 134 valence electrons. The molecule has 0 radical (unpaired) electrons. The van der Waals surface area contributed by atoms with Crippen LogP contribution < -0.4 is 0 Å². The molecule has 2 nitrogen and oxygen atoms in total. The largest absolute Gasteiger partial charge is 0.371 e. The summed E-state index contributed by atoms with van der Waals surface area (Å²) in [5.74, 6) is 0. The quantitative estimate of drug-likeness (QED) is 0.437. The summed E-state index contributed by atoms with van der Waals surface area (Å²) in [4.78, 5) is 2.53. The molecule has 26 heavy (non-hydrogen) atoms. The Morgan fingerprint density at radius 3 is 1.96 bits per heavy atom. The van der Waals surface area contributed by atoms with Crippen LogP contribution in [0.1, 0.15) is 17.5 Å². The van der Waals surface area contributed by atoms with Gasteiger partial charge < -0.3 is 4.74 Å². The minimum Gasteiger partial charge on any atom is -0.371 e. The predicted octanol–water partition coefficient (Wildman–Crippen LogP) is 5.14. The van der Waals surface area contributed by atoms with E-state index in [2.05, 4.69) is 78.7 Å². The summed E-state index contributed by atoms with van der Waals surface area (Å²) in [6.45, 7) is 10.4. The maximum Gasteiger partial charge on any atom is 0.0968 e. The molecule has 1 aliphatic rings. The van der Waals surface area contributed by atoms with Crippen molar-refractivity contribution in [2.45, 2.75) is 31.7 Å². The third kappa shape index (κ3) is 5.29. The highest BCUT2D eigenvalue weighted by Crippen LogP contribution is 2.28. The number of epoxide rings is 1. The van der Waals surface area contributed by atoms with E-state index in [-0.39, 0.29) is 6.10 Å². The Hall–Kier alpha value is -2.42. The molecular formula is C24H27NO. The van der Waals surface area contributed by atoms with Gasteiger partial charge in [-0.1, -0.05) is 92.0 Å². The van der Waals surface area contributed by atoms with Crippen LogP contribution >= 0.6 is 0 Å². The first-order valence-corrected chi connectivity index (χ1v) is 9.17. The van der Waals surface area contributed by atoms with E-state index >= 15 is 0 Å². The summed E-state index contributed by atoms with van der Waals surface area (Å²) >= 11 is 0. The lowest BCUT2D eigenvalue weighted by Gasteiger charge is -2.31. The Bertz CT molecular complexity index is 690. The molecule has 3 rings (SSSR count). The van der Waals surface area contributed by atoms with Gasteiger partial charge >= 0.3 is 0 Å². The van der Waals surface area contributed by atoms with Crippen molar-refractivity contribution in [3.05, 3.63) is 109 Å². The van der Waals surface area contributed by atoms with Gasteiger partial charge in [0.05, 0.1) is 12.7 Å². The van der Waals surface area contributed by atoms with E-state index in [1.807, 2.05) is 18.2 Å². The minimum absolute atomic E-state index is 0.288. The van der Waals surface area contributed by atoms with Gasteiger partial charge in [-0.25, -0.2) is 0 Å². The van der Waals surface area contributed by atoms with Gasteiger partial charge in [0.2, 0.25) is 0 Å². The van der Waals surface area contributed by atoms with Crippen LogP contribution in [-0.4, -0.2) is 23.7 Å². The molecule has 1 heterocycles. The van der Waals surface area contributed by atoms with E-state index in [4.69, 9.17) is 4.74 Å². The highest BCUT2D eigenvalue weighted by Gasteiger charge is 2.37. The molecule has 0 spiro atoms. The Labute approximate surface area is 157 Å². The average molecular weight is 345 g/mol. The average Bonchev–Trinajstić information content (AvgIpc) is 3.51. The summed E-state index contributed by atoms with van der Waals surface area (Å²) in [5.41, 5.74) is 3.84. The van der Waals surface area contributed by atoms with Crippen LogP contribution in [0.15, 0.2) is 97.6 Å². The number of allylic oxidation sites excluding steroid dienone is 3. The van der Waals surface area contributed by atoms with Crippen molar-refractivity contribution in [2.75, 3.05) is 6.61 Å². The van der Waals surface area contributed by atoms with Crippen LogP contribution in [0.25, 0.3) is 0 Å². The third-order valence-electron chi connectivity index (χ3n) is 4.75. The standard InChI is InChI=1S/C24H27NO/c1-3-11-20(4-2)16-23(24-19-26-24)25(17-21-12-7-5-8-13-21)18-22-14-9-6-10-15-22/h3-15,23-24H,1-2,16-19H2/b20-11+/t23-,24+/m0/s1. The number of hydrogen-bond donors (Lipinski definition) is 0. The van der Waals surface area contributed by atoms with Gasteiger partial charge in [0.15, 0.2) is 0 Å². The molecule has 2 aromatic carbocycles. The zero-order valence-corrected chi connectivity index (χ0v) is 15.3. The van der Waals surface area contributed by atoms with E-state index in [0.717, 1.165) is 26.1 Å². The topological polar surface area (TPSA) is 15.8 Å². The van der Waals surface area contributed by atoms with Crippen molar-refractivity contribution in [2.24, 2.45) is 0 Å². The maximum absolute atomic E-state index is 5.72. The Kier molecular flexibility index (Phi) is 6.59. The van der Waals surface area contributed by atoms with E-state index < -0.39 is 0 Å². The molecular weight excluding hydrogens is 318 g/mol. The predicted molar refractivity (Wildman–Crippen MR) is 109 cm³/mol. The lowest BCUT2D eigenvalue weighted by atomic mass is 10.00. The van der Waals surface area contributed by atoms with Crippen LogP contribution in [-0.2, 0) is 17.8 Å². The zero-order valence-electron chi connectivity index (χ0n) is 15.3. The fourth-order valence-corrected chi connectivity index (χ4v) is 3.31. The maximum atomic E-state index is 5.72. The van der Waals surface area contributed by atoms with E-state index in [1.165, 1.54) is 16.7 Å². The molecule has 2 atom stereocenters. The zero-order chi connectivity index (χ0) is 18.2. The van der Waals surface area contributed by atoms with Crippen molar-refractivity contribution in [1.82, 2.24) is 4.90 Å². The summed E-state index contributed by atoms with van der Waals surface area (Å²) in [7, 11) is 0. The molecule has 0 aliphatic carbocycles. The molecule has 0 aromatic heterocycles. The van der Waals surface area contributed by atoms with E-state index in [1.54, 1.807) is 0 Å². The van der Waals surface area contributed by atoms with Crippen molar-refractivity contribution in [3.63, 3.8) is 0 Å². The number of benzene rings is 2. The molecule has 0 unspecified atom stereocenters. The summed E-state index contributed by atoms with van der Waals surface area (Å²) in [5, 5.41) is 0. The first kappa shape index (κ1) is 18.4. The Morgan fingerprint density at radius 2 is 1.54 bits per heavy atom. The van der Waals surface area contributed by atoms with E-state index in [0.29, 0.717) is 6.04 Å². The summed E-state index contributed by atoms with van der Waals surface area (Å²) < 4.78 is 5.72. The number of hydrogen-bond acceptors (Lipinski definition) is 2. The lowest BCUT2D eigenvalue weighted by molar-refractivity contribution is 0.144. The van der Waals surface area contributed by atoms with Gasteiger partial charge in [-0.05, 0) is 23.1 Å². The number of nitrogens with zero attached hydrogens (tertiary/aromatic N) is 1. The molecule has 2 heteroatoms. The monoisotopic (exact) mass is 345 g/mol. The fourth-order valence-electron chi connectivity index (χ4n) is 3.31. The molecule has 2 aromatic rings. The van der Waals surface area contributed by atoms with Gasteiger partial charge in [0.1, 0.15) is 0 Å². The van der Waals surface area contributed by atoms with Crippen molar-refractivity contribution >= 4 is 0 Å². The molecule has 0 N–H and O–H groups in total. The Balaban J connectivity index is 1.84. The summed E-state index contributed by atoms with van der Waals surface area (Å²) in [6.07, 6.45) is 7.02. The molecule has 1 fully saturated rings. The van der Waals surface area contributed by atoms with Gasteiger partial charge in [-0.15, -0.1) is 0 Å². The first-order valence-electron chi connectivity index (χ1n) is 9.17.